The second kappa shape index (κ2) is 9.26. The number of ether oxygens (including phenoxy) is 2. The van der Waals surface area contributed by atoms with Gasteiger partial charge in [-0.3, -0.25) is 10.1 Å². The highest BCUT2D eigenvalue weighted by Crippen LogP contribution is 2.28. The van der Waals surface area contributed by atoms with Gasteiger partial charge in [0.15, 0.2) is 6.10 Å². The summed E-state index contributed by atoms with van der Waals surface area (Å²) in [6.45, 7) is 2.36. The molecule has 0 saturated heterocycles. The van der Waals surface area contributed by atoms with Crippen LogP contribution in [0.2, 0.25) is 0 Å². The number of nitrogens with one attached hydrogen (secondary N) is 1. The number of carbonyl (C=O) groups is 1. The topological polar surface area (TPSA) is 130 Å². The van der Waals surface area contributed by atoms with Crippen molar-refractivity contribution in [2.75, 3.05) is 25.6 Å². The lowest BCUT2D eigenvalue weighted by Gasteiger charge is -2.11. The lowest BCUT2D eigenvalue weighted by atomic mass is 10.1. The van der Waals surface area contributed by atoms with Crippen LogP contribution in [0.15, 0.2) is 40.1 Å². The Hall–Kier alpha value is -3.31. The fourth-order valence-electron chi connectivity index (χ4n) is 2.42. The van der Waals surface area contributed by atoms with Crippen LogP contribution in [0.4, 0.5) is 11.4 Å². The van der Waals surface area contributed by atoms with Crippen molar-refractivity contribution < 1.29 is 23.6 Å². The van der Waals surface area contributed by atoms with Crippen molar-refractivity contribution in [1.82, 2.24) is 10.2 Å². The average molecular weight is 418 g/mol. The minimum absolute atomic E-state index is 0.0406. The molecule has 1 N–H and O–H groups in total. The smallest absolute Gasteiger partial charge is 0.339 e. The van der Waals surface area contributed by atoms with Crippen molar-refractivity contribution in [1.29, 1.82) is 0 Å². The van der Waals surface area contributed by atoms with Gasteiger partial charge in [0.2, 0.25) is 0 Å². The van der Waals surface area contributed by atoms with Crippen molar-refractivity contribution in [2.45, 2.75) is 13.0 Å². The molecule has 0 spiro atoms. The SMILES string of the molecule is COCCNc1ccc(C(=O)OC(C)c2nnc(-c3cccs3)o2)cc1[N+](=O)[O-]. The van der Waals surface area contributed by atoms with Crippen LogP contribution >= 0.6 is 11.3 Å². The van der Waals surface area contributed by atoms with Crippen LogP contribution in [0.5, 0.6) is 0 Å². The third-order valence-corrected chi connectivity index (χ3v) is 4.71. The van der Waals surface area contributed by atoms with Crippen LogP contribution in [0.1, 0.15) is 29.3 Å². The number of hydrogen-bond acceptors (Lipinski definition) is 10. The molecule has 0 aliphatic heterocycles. The van der Waals surface area contributed by atoms with E-state index in [4.69, 9.17) is 13.9 Å². The Labute approximate surface area is 169 Å². The number of nitrogens with zero attached hydrogens (tertiary/aromatic N) is 3. The summed E-state index contributed by atoms with van der Waals surface area (Å²) in [4.78, 5) is 24.0. The molecule has 0 radical (unpaired) electrons. The number of aromatic nitrogens is 2. The van der Waals surface area contributed by atoms with Crippen molar-refractivity contribution in [3.63, 3.8) is 0 Å². The Morgan fingerprint density at radius 3 is 2.90 bits per heavy atom. The number of rotatable bonds is 9. The molecule has 11 heteroatoms. The van der Waals surface area contributed by atoms with Gasteiger partial charge in [-0.1, -0.05) is 6.07 Å². The first kappa shape index (κ1) is 20.4. The standard InChI is InChI=1S/C18H18N4O6S/c1-11(16-20-21-17(28-16)15-4-3-9-29-15)27-18(23)12-5-6-13(19-7-8-26-2)14(10-12)22(24)25/h3-6,9-11,19H,7-8H2,1-2H3. The number of nitro groups is 1. The van der Waals surface area contributed by atoms with E-state index in [1.165, 1.54) is 30.6 Å². The minimum atomic E-state index is -0.817. The van der Waals surface area contributed by atoms with Gasteiger partial charge < -0.3 is 19.2 Å². The summed E-state index contributed by atoms with van der Waals surface area (Å²) < 4.78 is 15.8. The highest BCUT2D eigenvalue weighted by atomic mass is 32.1. The van der Waals surface area contributed by atoms with Crippen LogP contribution in [-0.4, -0.2) is 41.4 Å². The summed E-state index contributed by atoms with van der Waals surface area (Å²) in [6.07, 6.45) is -0.817. The molecule has 0 amide bonds. The molecule has 2 heterocycles. The van der Waals surface area contributed by atoms with Crippen LogP contribution < -0.4 is 5.32 Å². The van der Waals surface area contributed by atoms with Gasteiger partial charge in [0, 0.05) is 19.7 Å². The molecule has 1 unspecified atom stereocenters. The number of thiophene rings is 1. The van der Waals surface area contributed by atoms with Crippen molar-refractivity contribution in [2.24, 2.45) is 0 Å². The summed E-state index contributed by atoms with van der Waals surface area (Å²) in [5, 5.41) is 24.0. The molecule has 10 nitrogen and oxygen atoms in total. The summed E-state index contributed by atoms with van der Waals surface area (Å²) in [6, 6.07) is 7.75. The Morgan fingerprint density at radius 2 is 2.21 bits per heavy atom. The first-order chi connectivity index (χ1) is 14.0. The summed E-state index contributed by atoms with van der Waals surface area (Å²) in [5.41, 5.74) is 0.0916. The molecule has 29 heavy (non-hydrogen) atoms. The number of nitro benzene ring substituents is 1. The predicted octanol–water partition coefficient (Wildman–Crippen LogP) is 3.68. The van der Waals surface area contributed by atoms with Gasteiger partial charge in [0.05, 0.1) is 22.0 Å². The molecule has 0 bridgehead atoms. The molecule has 1 atom stereocenters. The van der Waals surface area contributed by atoms with E-state index in [2.05, 4.69) is 15.5 Å². The van der Waals surface area contributed by atoms with Gasteiger partial charge in [0.1, 0.15) is 5.69 Å². The number of anilines is 1. The molecule has 152 valence electrons. The number of hydrogen-bond donors (Lipinski definition) is 1. The lowest BCUT2D eigenvalue weighted by Crippen LogP contribution is -2.12. The van der Waals surface area contributed by atoms with E-state index in [1.807, 2.05) is 17.5 Å². The zero-order valence-electron chi connectivity index (χ0n) is 15.7. The van der Waals surface area contributed by atoms with Gasteiger partial charge in [-0.05, 0) is 30.5 Å². The van der Waals surface area contributed by atoms with Gasteiger partial charge in [-0.25, -0.2) is 4.79 Å². The Bertz CT molecular complexity index is 988. The second-order valence-corrected chi connectivity index (χ2v) is 6.83. The van der Waals surface area contributed by atoms with E-state index >= 15 is 0 Å². The third-order valence-electron chi connectivity index (χ3n) is 3.86. The highest BCUT2D eigenvalue weighted by molar-refractivity contribution is 7.13. The van der Waals surface area contributed by atoms with Gasteiger partial charge in [0.25, 0.3) is 17.5 Å². The van der Waals surface area contributed by atoms with Crippen LogP contribution in [0.3, 0.4) is 0 Å². The van der Waals surface area contributed by atoms with Crippen LogP contribution in [-0.2, 0) is 9.47 Å². The maximum absolute atomic E-state index is 12.4. The number of benzene rings is 1. The van der Waals surface area contributed by atoms with Crippen LogP contribution in [0.25, 0.3) is 10.8 Å². The molecule has 0 fully saturated rings. The molecule has 3 rings (SSSR count). The molecular weight excluding hydrogens is 400 g/mol. The normalized spacial score (nSPS) is 11.8. The molecule has 0 aliphatic rings. The molecule has 0 saturated carbocycles. The number of esters is 1. The third kappa shape index (κ3) is 4.95. The van der Waals surface area contributed by atoms with Crippen molar-refractivity contribution in [3.05, 3.63) is 57.3 Å². The van der Waals surface area contributed by atoms with Crippen molar-refractivity contribution >= 4 is 28.7 Å². The average Bonchev–Trinajstić information content (AvgIpc) is 3.39. The largest absolute Gasteiger partial charge is 0.449 e. The fraction of sp³-hybridized carbons (Fsp3) is 0.278. The van der Waals surface area contributed by atoms with E-state index in [9.17, 15) is 14.9 Å². The Morgan fingerprint density at radius 1 is 1.38 bits per heavy atom. The number of carbonyl (C=O) groups excluding carboxylic acids is 1. The minimum Gasteiger partial charge on any atom is -0.449 e. The quantitative estimate of drug-likeness (QED) is 0.239. The maximum Gasteiger partial charge on any atom is 0.339 e. The Kier molecular flexibility index (Phi) is 6.52. The first-order valence-electron chi connectivity index (χ1n) is 8.59. The summed E-state index contributed by atoms with van der Waals surface area (Å²) in [7, 11) is 1.53. The molecular formula is C18H18N4O6S. The van der Waals surface area contributed by atoms with E-state index in [-0.39, 0.29) is 22.8 Å². The zero-order valence-corrected chi connectivity index (χ0v) is 16.5. The molecule has 2 aromatic heterocycles. The molecule has 1 aromatic carbocycles. The Balaban J connectivity index is 1.71. The molecule has 0 aliphatic carbocycles. The summed E-state index contributed by atoms with van der Waals surface area (Å²) in [5.74, 6) is -0.269. The van der Waals surface area contributed by atoms with E-state index in [1.54, 1.807) is 6.92 Å². The zero-order chi connectivity index (χ0) is 20.8. The molecule has 3 aromatic rings. The second-order valence-electron chi connectivity index (χ2n) is 5.88. The lowest BCUT2D eigenvalue weighted by molar-refractivity contribution is -0.384. The van der Waals surface area contributed by atoms with E-state index in [0.29, 0.717) is 19.0 Å². The van der Waals surface area contributed by atoms with Gasteiger partial charge in [-0.2, -0.15) is 0 Å². The van der Waals surface area contributed by atoms with E-state index in [0.717, 1.165) is 10.9 Å². The highest BCUT2D eigenvalue weighted by Gasteiger charge is 2.23. The summed E-state index contributed by atoms with van der Waals surface area (Å²) >= 11 is 1.44. The number of methoxy groups -OCH3 is 1. The predicted molar refractivity (Wildman–Crippen MR) is 105 cm³/mol. The van der Waals surface area contributed by atoms with E-state index < -0.39 is 17.0 Å². The fourth-order valence-corrected chi connectivity index (χ4v) is 3.07. The van der Waals surface area contributed by atoms with Gasteiger partial charge >= 0.3 is 5.97 Å². The van der Waals surface area contributed by atoms with Gasteiger partial charge in [-0.15, -0.1) is 21.5 Å². The maximum atomic E-state index is 12.4. The van der Waals surface area contributed by atoms with Crippen LogP contribution in [0, 0.1) is 10.1 Å². The van der Waals surface area contributed by atoms with Crippen molar-refractivity contribution in [3.8, 4) is 10.8 Å². The first-order valence-corrected chi connectivity index (χ1v) is 9.47. The monoisotopic (exact) mass is 418 g/mol.